The van der Waals surface area contributed by atoms with Gasteiger partial charge in [0.15, 0.2) is 0 Å². The van der Waals surface area contributed by atoms with E-state index in [0.717, 1.165) is 6.07 Å². The van der Waals surface area contributed by atoms with E-state index in [1.54, 1.807) is 24.3 Å². The molecule has 23 heavy (non-hydrogen) atoms. The van der Waals surface area contributed by atoms with E-state index >= 15 is 0 Å². The summed E-state index contributed by atoms with van der Waals surface area (Å²) < 4.78 is 57.6. The normalized spacial score (nSPS) is 11.6. The van der Waals surface area contributed by atoms with Crippen molar-refractivity contribution in [3.05, 3.63) is 71.0 Å². The van der Waals surface area contributed by atoms with Crippen LogP contribution in [0.25, 0.3) is 6.08 Å². The lowest BCUT2D eigenvalue weighted by molar-refractivity contribution is -0.0863. The maximum Gasteiger partial charge on any atom is 0.424 e. The Bertz CT molecular complexity index is 762. The molecule has 0 radical (unpaired) electrons. The molecule has 0 aliphatic rings. The van der Waals surface area contributed by atoms with Gasteiger partial charge in [-0.05, 0) is 36.4 Å². The molecule has 118 valence electrons. The van der Waals surface area contributed by atoms with Gasteiger partial charge in [0, 0.05) is 11.1 Å². The Kier molecular flexibility index (Phi) is 5.07. The van der Waals surface area contributed by atoms with Crippen molar-refractivity contribution in [1.82, 2.24) is 0 Å². The zero-order valence-corrected chi connectivity index (χ0v) is 12.1. The lowest BCUT2D eigenvalue weighted by Gasteiger charge is -2.06. The van der Waals surface area contributed by atoms with E-state index in [2.05, 4.69) is 11.8 Å². The Hall–Kier alpha value is -2.74. The molecule has 0 aliphatic carbocycles. The topological polar surface area (TPSA) is 9.23 Å². The van der Waals surface area contributed by atoms with Crippen LogP contribution in [0.1, 0.15) is 11.1 Å². The van der Waals surface area contributed by atoms with Crippen molar-refractivity contribution in [2.75, 3.05) is 7.11 Å². The molecule has 0 N–H and O–H groups in total. The summed E-state index contributed by atoms with van der Waals surface area (Å²) in [6, 6.07) is 11.5. The minimum absolute atomic E-state index is 0.163. The molecular weight excluding hydrogens is 308 g/mol. The number of ether oxygens (including phenoxy) is 1. The number of halogens is 4. The number of hydrogen-bond donors (Lipinski definition) is 0. The van der Waals surface area contributed by atoms with Crippen LogP contribution in [0.15, 0.2) is 54.1 Å². The number of allylic oxidation sites excluding steroid dienone is 1. The Labute approximate surface area is 131 Å². The molecule has 0 aliphatic heterocycles. The predicted molar refractivity (Wildman–Crippen MR) is 80.3 cm³/mol. The van der Waals surface area contributed by atoms with Gasteiger partial charge in [-0.2, -0.15) is 13.2 Å². The summed E-state index contributed by atoms with van der Waals surface area (Å²) in [6.07, 6.45) is -3.96. The van der Waals surface area contributed by atoms with Crippen LogP contribution in [0.3, 0.4) is 0 Å². The first-order chi connectivity index (χ1) is 10.9. The Balaban J connectivity index is 2.38. The average molecular weight is 320 g/mol. The molecule has 2 aromatic rings. The SMILES string of the molecule is COc1ccc(C#CC(=Cc2ccccc2F)C(F)(F)F)cc1. The molecule has 0 bridgehead atoms. The molecule has 0 aromatic heterocycles. The van der Waals surface area contributed by atoms with Crippen LogP contribution in [0.4, 0.5) is 17.6 Å². The minimum Gasteiger partial charge on any atom is -0.497 e. The van der Waals surface area contributed by atoms with E-state index in [4.69, 9.17) is 4.74 Å². The molecule has 0 amide bonds. The van der Waals surface area contributed by atoms with Crippen molar-refractivity contribution >= 4 is 6.08 Å². The van der Waals surface area contributed by atoms with Gasteiger partial charge in [-0.25, -0.2) is 4.39 Å². The summed E-state index contributed by atoms with van der Waals surface area (Å²) in [5.41, 5.74) is -0.878. The summed E-state index contributed by atoms with van der Waals surface area (Å²) in [5, 5.41) is 0. The van der Waals surface area contributed by atoms with Gasteiger partial charge in [-0.1, -0.05) is 30.0 Å². The van der Waals surface area contributed by atoms with Gasteiger partial charge < -0.3 is 4.74 Å². The van der Waals surface area contributed by atoms with Crippen LogP contribution >= 0.6 is 0 Å². The van der Waals surface area contributed by atoms with E-state index in [0.29, 0.717) is 17.4 Å². The first-order valence-electron chi connectivity index (χ1n) is 6.59. The van der Waals surface area contributed by atoms with Gasteiger partial charge in [-0.15, -0.1) is 0 Å². The summed E-state index contributed by atoms with van der Waals surface area (Å²) in [7, 11) is 1.49. The molecule has 0 spiro atoms. The summed E-state index contributed by atoms with van der Waals surface area (Å²) >= 11 is 0. The van der Waals surface area contributed by atoms with Crippen LogP contribution in [-0.2, 0) is 0 Å². The lowest BCUT2D eigenvalue weighted by atomic mass is 10.1. The largest absolute Gasteiger partial charge is 0.497 e. The van der Waals surface area contributed by atoms with Gasteiger partial charge in [-0.3, -0.25) is 0 Å². The fraction of sp³-hybridized carbons (Fsp3) is 0.111. The van der Waals surface area contributed by atoms with E-state index < -0.39 is 17.6 Å². The molecule has 0 atom stereocenters. The molecule has 0 heterocycles. The van der Waals surface area contributed by atoms with Gasteiger partial charge in [0.25, 0.3) is 0 Å². The van der Waals surface area contributed by atoms with E-state index in [1.165, 1.54) is 25.3 Å². The zero-order valence-electron chi connectivity index (χ0n) is 12.1. The highest BCUT2D eigenvalue weighted by atomic mass is 19.4. The third-order valence-electron chi connectivity index (χ3n) is 2.94. The van der Waals surface area contributed by atoms with Crippen molar-refractivity contribution < 1.29 is 22.3 Å². The fourth-order valence-electron chi connectivity index (χ4n) is 1.75. The van der Waals surface area contributed by atoms with E-state index in [9.17, 15) is 17.6 Å². The molecule has 5 heteroatoms. The molecule has 0 saturated heterocycles. The quantitative estimate of drug-likeness (QED) is 0.569. The molecule has 2 aromatic carbocycles. The number of benzene rings is 2. The van der Waals surface area contributed by atoms with Crippen LogP contribution in [-0.4, -0.2) is 13.3 Å². The van der Waals surface area contributed by atoms with Crippen LogP contribution in [0.2, 0.25) is 0 Å². The van der Waals surface area contributed by atoms with Crippen molar-refractivity contribution in [3.63, 3.8) is 0 Å². The maximum absolute atomic E-state index is 13.5. The number of hydrogen-bond acceptors (Lipinski definition) is 1. The highest BCUT2D eigenvalue weighted by Crippen LogP contribution is 2.27. The predicted octanol–water partition coefficient (Wildman–Crippen LogP) is 4.83. The molecular formula is C18H12F4O. The third-order valence-corrected chi connectivity index (χ3v) is 2.94. The maximum atomic E-state index is 13.5. The van der Waals surface area contributed by atoms with Gasteiger partial charge in [0.05, 0.1) is 7.11 Å². The van der Waals surface area contributed by atoms with Crippen molar-refractivity contribution in [2.45, 2.75) is 6.18 Å². The Morgan fingerprint density at radius 2 is 1.70 bits per heavy atom. The van der Waals surface area contributed by atoms with Gasteiger partial charge >= 0.3 is 6.18 Å². The second kappa shape index (κ2) is 7.01. The van der Waals surface area contributed by atoms with Crippen molar-refractivity contribution in [2.24, 2.45) is 0 Å². The fourth-order valence-corrected chi connectivity index (χ4v) is 1.75. The summed E-state index contributed by atoms with van der Waals surface area (Å²) in [4.78, 5) is 0. The van der Waals surface area contributed by atoms with E-state index in [1.807, 2.05) is 0 Å². The highest BCUT2D eigenvalue weighted by Gasteiger charge is 2.32. The van der Waals surface area contributed by atoms with Crippen molar-refractivity contribution in [3.8, 4) is 17.6 Å². The van der Waals surface area contributed by atoms with E-state index in [-0.39, 0.29) is 5.56 Å². The first kappa shape index (κ1) is 16.6. The molecule has 2 rings (SSSR count). The molecule has 1 nitrogen and oxygen atoms in total. The average Bonchev–Trinajstić information content (AvgIpc) is 2.52. The number of rotatable bonds is 2. The Morgan fingerprint density at radius 1 is 1.04 bits per heavy atom. The number of methoxy groups -OCH3 is 1. The highest BCUT2D eigenvalue weighted by molar-refractivity contribution is 5.61. The lowest BCUT2D eigenvalue weighted by Crippen LogP contribution is -2.10. The van der Waals surface area contributed by atoms with Gasteiger partial charge in [0.1, 0.15) is 17.1 Å². The minimum atomic E-state index is -4.66. The monoisotopic (exact) mass is 320 g/mol. The Morgan fingerprint density at radius 3 is 2.26 bits per heavy atom. The van der Waals surface area contributed by atoms with Crippen LogP contribution < -0.4 is 4.74 Å². The molecule has 0 unspecified atom stereocenters. The second-order valence-electron chi connectivity index (χ2n) is 4.56. The van der Waals surface area contributed by atoms with Crippen LogP contribution in [0.5, 0.6) is 5.75 Å². The number of alkyl halides is 3. The second-order valence-corrected chi connectivity index (χ2v) is 4.56. The third kappa shape index (κ3) is 4.62. The first-order valence-corrected chi connectivity index (χ1v) is 6.59. The zero-order chi connectivity index (χ0) is 16.9. The molecule has 0 fully saturated rings. The van der Waals surface area contributed by atoms with Gasteiger partial charge in [0.2, 0.25) is 0 Å². The van der Waals surface area contributed by atoms with Crippen molar-refractivity contribution in [1.29, 1.82) is 0 Å². The summed E-state index contributed by atoms with van der Waals surface area (Å²) in [5.74, 6) is 4.34. The summed E-state index contributed by atoms with van der Waals surface area (Å²) in [6.45, 7) is 0. The van der Waals surface area contributed by atoms with Crippen LogP contribution in [0, 0.1) is 17.7 Å². The standard InChI is InChI=1S/C18H12F4O/c1-23-16-10-7-13(8-11-16)6-9-15(18(20,21)22)12-14-4-2-3-5-17(14)19/h2-5,7-8,10-12H,1H3. The molecule has 0 saturated carbocycles. The smallest absolute Gasteiger partial charge is 0.424 e.